The Kier molecular flexibility index (Phi) is 2.59. The van der Waals surface area contributed by atoms with Gasteiger partial charge in [0.2, 0.25) is 0 Å². The molecule has 4 heteroatoms. The van der Waals surface area contributed by atoms with E-state index in [1.165, 1.54) is 5.69 Å². The smallest absolute Gasteiger partial charge is 0.192 e. The standard InChI is InChI=1S/C18H20N2O2/c1-11-2-4-15-14(8-11)18(21)13-3-5-16-17(13)20(15)7-6-19(16)9-12-10-22-12/h2,4,8,12,16H,3,5-7,9-10H2,1H3/t12-,16+/m1/s1. The summed E-state index contributed by atoms with van der Waals surface area (Å²) >= 11 is 0. The molecule has 2 aliphatic heterocycles. The Morgan fingerprint density at radius 3 is 3.00 bits per heavy atom. The highest BCUT2D eigenvalue weighted by Crippen LogP contribution is 2.39. The summed E-state index contributed by atoms with van der Waals surface area (Å²) in [6, 6.07) is 6.71. The number of ether oxygens (including phenoxy) is 1. The summed E-state index contributed by atoms with van der Waals surface area (Å²) < 4.78 is 7.82. The molecule has 22 heavy (non-hydrogen) atoms. The molecule has 0 radical (unpaired) electrons. The minimum Gasteiger partial charge on any atom is -0.372 e. The maximum Gasteiger partial charge on any atom is 0.192 e. The molecule has 3 aliphatic rings. The van der Waals surface area contributed by atoms with Crippen molar-refractivity contribution in [3.8, 4) is 0 Å². The van der Waals surface area contributed by atoms with Crippen molar-refractivity contribution in [1.82, 2.24) is 9.47 Å². The molecule has 2 atom stereocenters. The van der Waals surface area contributed by atoms with Crippen molar-refractivity contribution in [2.24, 2.45) is 0 Å². The van der Waals surface area contributed by atoms with E-state index in [1.54, 1.807) is 0 Å². The number of fused-ring (bicyclic) bond motifs is 2. The first-order valence-electron chi connectivity index (χ1n) is 8.24. The number of nitrogens with zero attached hydrogens (tertiary/aromatic N) is 2. The average Bonchev–Trinajstić information content (AvgIpc) is 3.22. The van der Waals surface area contributed by atoms with Crippen LogP contribution in [0.3, 0.4) is 0 Å². The Hall–Kier alpha value is -1.65. The van der Waals surface area contributed by atoms with E-state index in [2.05, 4.69) is 34.6 Å². The van der Waals surface area contributed by atoms with E-state index in [0.717, 1.165) is 61.1 Å². The van der Waals surface area contributed by atoms with Crippen molar-refractivity contribution in [1.29, 1.82) is 0 Å². The number of aryl methyl sites for hydroxylation is 1. The number of pyridine rings is 1. The summed E-state index contributed by atoms with van der Waals surface area (Å²) in [6.45, 7) is 6.01. The van der Waals surface area contributed by atoms with Gasteiger partial charge in [0.05, 0.1) is 24.3 Å². The molecule has 5 rings (SSSR count). The predicted molar refractivity (Wildman–Crippen MR) is 85.3 cm³/mol. The molecular formula is C18H20N2O2. The number of rotatable bonds is 2. The van der Waals surface area contributed by atoms with Crippen molar-refractivity contribution in [3.05, 3.63) is 45.2 Å². The zero-order valence-electron chi connectivity index (χ0n) is 12.8. The Morgan fingerprint density at radius 2 is 2.18 bits per heavy atom. The van der Waals surface area contributed by atoms with Crippen LogP contribution in [0.2, 0.25) is 0 Å². The number of epoxide rings is 1. The third-order valence-electron chi connectivity index (χ3n) is 5.44. The second-order valence-corrected chi connectivity index (χ2v) is 6.87. The second-order valence-electron chi connectivity index (χ2n) is 6.87. The van der Waals surface area contributed by atoms with E-state index in [0.29, 0.717) is 12.1 Å². The first-order valence-corrected chi connectivity index (χ1v) is 8.24. The van der Waals surface area contributed by atoms with Crippen LogP contribution in [-0.4, -0.2) is 35.3 Å². The normalized spacial score (nSPS) is 26.4. The van der Waals surface area contributed by atoms with Crippen LogP contribution in [0.25, 0.3) is 10.9 Å². The monoisotopic (exact) mass is 296 g/mol. The molecule has 1 saturated heterocycles. The van der Waals surface area contributed by atoms with Crippen molar-refractivity contribution in [2.75, 3.05) is 19.7 Å². The van der Waals surface area contributed by atoms with E-state index < -0.39 is 0 Å². The molecule has 1 fully saturated rings. The Bertz CT molecular complexity index is 835. The molecule has 3 heterocycles. The van der Waals surface area contributed by atoms with Crippen LogP contribution in [0.5, 0.6) is 0 Å². The van der Waals surface area contributed by atoms with Gasteiger partial charge < -0.3 is 9.30 Å². The quantitative estimate of drug-likeness (QED) is 0.796. The van der Waals surface area contributed by atoms with Crippen LogP contribution in [-0.2, 0) is 17.7 Å². The maximum absolute atomic E-state index is 12.9. The number of aromatic nitrogens is 1. The highest BCUT2D eigenvalue weighted by atomic mass is 16.6. The van der Waals surface area contributed by atoms with E-state index in [4.69, 9.17) is 4.74 Å². The molecule has 0 unspecified atom stereocenters. The Morgan fingerprint density at radius 1 is 1.32 bits per heavy atom. The SMILES string of the molecule is Cc1ccc2c(c1)c(=O)c1c3n2CCN(C[C@@H]2CO2)[C@H]3CC1. The van der Waals surface area contributed by atoms with Crippen LogP contribution in [0.4, 0.5) is 0 Å². The fourth-order valence-electron chi connectivity index (χ4n) is 4.31. The molecule has 0 N–H and O–H groups in total. The lowest BCUT2D eigenvalue weighted by molar-refractivity contribution is 0.146. The van der Waals surface area contributed by atoms with Crippen LogP contribution in [0.15, 0.2) is 23.0 Å². The largest absolute Gasteiger partial charge is 0.372 e. The van der Waals surface area contributed by atoms with Gasteiger partial charge >= 0.3 is 0 Å². The third kappa shape index (κ3) is 1.74. The van der Waals surface area contributed by atoms with Gasteiger partial charge in [0.1, 0.15) is 0 Å². The van der Waals surface area contributed by atoms with Gasteiger partial charge in [0, 0.05) is 36.3 Å². The molecule has 2 aromatic rings. The zero-order valence-corrected chi connectivity index (χ0v) is 12.8. The first kappa shape index (κ1) is 12.9. The minimum absolute atomic E-state index is 0.261. The molecule has 1 aliphatic carbocycles. The average molecular weight is 296 g/mol. The topological polar surface area (TPSA) is 37.8 Å². The number of hydrogen-bond donors (Lipinski definition) is 0. The van der Waals surface area contributed by atoms with E-state index in [9.17, 15) is 4.79 Å². The molecule has 114 valence electrons. The fraction of sp³-hybridized carbons (Fsp3) is 0.500. The van der Waals surface area contributed by atoms with Gasteiger partial charge in [-0.3, -0.25) is 9.69 Å². The van der Waals surface area contributed by atoms with E-state index >= 15 is 0 Å². The van der Waals surface area contributed by atoms with E-state index in [-0.39, 0.29) is 5.43 Å². The molecule has 1 aromatic carbocycles. The van der Waals surface area contributed by atoms with Crippen molar-refractivity contribution < 1.29 is 4.74 Å². The zero-order chi connectivity index (χ0) is 14.8. The summed E-state index contributed by atoms with van der Waals surface area (Å²) in [5, 5.41) is 0.901. The number of hydrogen-bond acceptors (Lipinski definition) is 3. The van der Waals surface area contributed by atoms with Gasteiger partial charge in [-0.15, -0.1) is 0 Å². The van der Waals surface area contributed by atoms with Crippen LogP contribution >= 0.6 is 0 Å². The molecule has 0 bridgehead atoms. The maximum atomic E-state index is 12.9. The van der Waals surface area contributed by atoms with Gasteiger partial charge in [0.25, 0.3) is 0 Å². The second kappa shape index (κ2) is 4.43. The molecule has 0 saturated carbocycles. The highest BCUT2D eigenvalue weighted by molar-refractivity contribution is 5.81. The Balaban J connectivity index is 1.72. The molecule has 4 nitrogen and oxygen atoms in total. The lowest BCUT2D eigenvalue weighted by atomic mass is 10.0. The van der Waals surface area contributed by atoms with Crippen molar-refractivity contribution >= 4 is 10.9 Å². The van der Waals surface area contributed by atoms with Crippen LogP contribution < -0.4 is 5.43 Å². The van der Waals surface area contributed by atoms with Gasteiger partial charge in [-0.2, -0.15) is 0 Å². The predicted octanol–water partition coefficient (Wildman–Crippen LogP) is 2.01. The van der Waals surface area contributed by atoms with Crippen molar-refractivity contribution in [3.63, 3.8) is 0 Å². The van der Waals surface area contributed by atoms with Gasteiger partial charge in [-0.25, -0.2) is 0 Å². The summed E-state index contributed by atoms with van der Waals surface area (Å²) in [5.41, 5.74) is 4.88. The molecule has 1 aromatic heterocycles. The lowest BCUT2D eigenvalue weighted by Crippen LogP contribution is -2.40. The molecule has 0 amide bonds. The minimum atomic E-state index is 0.261. The van der Waals surface area contributed by atoms with Crippen LogP contribution in [0, 0.1) is 6.92 Å². The van der Waals surface area contributed by atoms with Gasteiger partial charge in [-0.1, -0.05) is 11.6 Å². The molecule has 0 spiro atoms. The van der Waals surface area contributed by atoms with Crippen LogP contribution in [0.1, 0.15) is 29.3 Å². The van der Waals surface area contributed by atoms with Crippen molar-refractivity contribution in [2.45, 2.75) is 38.5 Å². The summed E-state index contributed by atoms with van der Waals surface area (Å²) in [7, 11) is 0. The first-order chi connectivity index (χ1) is 10.7. The van der Waals surface area contributed by atoms with Gasteiger partial charge in [0.15, 0.2) is 5.43 Å². The fourth-order valence-corrected chi connectivity index (χ4v) is 4.31. The van der Waals surface area contributed by atoms with Gasteiger partial charge in [-0.05, 0) is 31.9 Å². The Labute approximate surface area is 129 Å². The number of benzene rings is 1. The lowest BCUT2D eigenvalue weighted by Gasteiger charge is -2.36. The summed E-state index contributed by atoms with van der Waals surface area (Å²) in [5.74, 6) is 0. The summed E-state index contributed by atoms with van der Waals surface area (Å²) in [4.78, 5) is 15.4. The third-order valence-corrected chi connectivity index (χ3v) is 5.44. The highest BCUT2D eigenvalue weighted by Gasteiger charge is 2.38. The van der Waals surface area contributed by atoms with E-state index in [1.807, 2.05) is 0 Å². The summed E-state index contributed by atoms with van der Waals surface area (Å²) in [6.07, 6.45) is 2.42. The molecular weight excluding hydrogens is 276 g/mol.